The highest BCUT2D eigenvalue weighted by molar-refractivity contribution is 7.99. The minimum absolute atomic E-state index is 1.07. The summed E-state index contributed by atoms with van der Waals surface area (Å²) in [5, 5.41) is 0. The molecule has 3 aromatic carbocycles. The van der Waals surface area contributed by atoms with Crippen LogP contribution in [0.2, 0.25) is 0 Å². The van der Waals surface area contributed by atoms with Crippen LogP contribution in [0, 0.1) is 19.3 Å². The van der Waals surface area contributed by atoms with E-state index in [1.54, 1.807) is 0 Å². The number of aryl methyl sites for hydroxylation is 1. The van der Waals surface area contributed by atoms with E-state index in [4.69, 9.17) is 0 Å². The van der Waals surface area contributed by atoms with Crippen molar-refractivity contribution in [1.29, 1.82) is 0 Å². The molecule has 0 atom stereocenters. The molecule has 0 amide bonds. The molecular formula is C39H58S+2. The highest BCUT2D eigenvalue weighted by Gasteiger charge is 2.07. The highest BCUT2D eigenvalue weighted by Crippen LogP contribution is 2.36. The van der Waals surface area contributed by atoms with Gasteiger partial charge < -0.3 is 0 Å². The van der Waals surface area contributed by atoms with Crippen LogP contribution in [0.1, 0.15) is 88.1 Å². The van der Waals surface area contributed by atoms with Crippen molar-refractivity contribution in [2.75, 3.05) is 0 Å². The van der Waals surface area contributed by atoms with E-state index in [0.717, 1.165) is 5.57 Å². The average Bonchev–Trinajstić information content (AvgIpc) is 2.98. The Kier molecular flexibility index (Phi) is 31.6. The number of rotatable bonds is 3. The van der Waals surface area contributed by atoms with Crippen molar-refractivity contribution in [2.24, 2.45) is 0 Å². The van der Waals surface area contributed by atoms with E-state index in [9.17, 15) is 0 Å². The monoisotopic (exact) mass is 558 g/mol. The molecule has 0 aliphatic heterocycles. The Balaban J connectivity index is -0.000000566. The Morgan fingerprint density at radius 3 is 1.55 bits per heavy atom. The van der Waals surface area contributed by atoms with E-state index in [-0.39, 0.29) is 0 Å². The lowest BCUT2D eigenvalue weighted by atomic mass is 10.0. The largest absolute Gasteiger partial charge is 0.0895 e. The summed E-state index contributed by atoms with van der Waals surface area (Å²) in [6.45, 7) is 28.4. The molecule has 1 heteroatoms. The summed E-state index contributed by atoms with van der Waals surface area (Å²) in [7, 11) is 0. The topological polar surface area (TPSA) is 0 Å². The predicted molar refractivity (Wildman–Crippen MR) is 189 cm³/mol. The zero-order valence-corrected chi connectivity index (χ0v) is 28.5. The van der Waals surface area contributed by atoms with Gasteiger partial charge >= 0.3 is 0 Å². The van der Waals surface area contributed by atoms with Crippen molar-refractivity contribution in [2.45, 2.75) is 99.3 Å². The van der Waals surface area contributed by atoms with E-state index in [2.05, 4.69) is 127 Å². The Bertz CT molecular complexity index is 1010. The standard InChI is InChI=1S/C19H16S.C7H7.C4H9.C3H8.3C2H6/c1-15-9-5-6-12-17(15)18-13-7-8-14-19(18)20-16-10-3-2-4-11-16;1-7-5-3-2-4-6-7;1-4(2)3;1-3-2;3*1-2/h2-14H,1H3;2-6H,1H2;1-3H3;3H2,1-2H3;3*1-2H3/q;2*+1;;;;. The van der Waals surface area contributed by atoms with Crippen LogP contribution in [0.25, 0.3) is 11.1 Å². The molecule has 1 aliphatic carbocycles. The first kappa shape index (κ1) is 41.5. The molecule has 0 radical (unpaired) electrons. The van der Waals surface area contributed by atoms with Gasteiger partial charge in [-0.15, -0.1) is 0 Å². The maximum absolute atomic E-state index is 3.72. The third kappa shape index (κ3) is 21.9. The van der Waals surface area contributed by atoms with Gasteiger partial charge in [-0.05, 0) is 48.4 Å². The summed E-state index contributed by atoms with van der Waals surface area (Å²) < 4.78 is 0. The molecule has 0 N–H and O–H groups in total. The van der Waals surface area contributed by atoms with Crippen molar-refractivity contribution in [3.63, 3.8) is 0 Å². The number of benzene rings is 3. The van der Waals surface area contributed by atoms with E-state index in [1.165, 1.54) is 38.8 Å². The zero-order chi connectivity index (χ0) is 31.2. The Morgan fingerprint density at radius 1 is 0.675 bits per heavy atom. The Morgan fingerprint density at radius 2 is 1.12 bits per heavy atom. The van der Waals surface area contributed by atoms with Gasteiger partial charge in [0.15, 0.2) is 0 Å². The molecular weight excluding hydrogens is 500 g/mol. The third-order valence-electron chi connectivity index (χ3n) is 4.14. The van der Waals surface area contributed by atoms with Gasteiger partial charge in [0.25, 0.3) is 0 Å². The second-order valence-corrected chi connectivity index (χ2v) is 9.53. The van der Waals surface area contributed by atoms with E-state index in [0.29, 0.717) is 0 Å². The Hall–Kier alpha value is -3.03. The van der Waals surface area contributed by atoms with Gasteiger partial charge in [0.05, 0.1) is 32.3 Å². The fourth-order valence-electron chi connectivity index (χ4n) is 2.75. The molecule has 0 nitrogen and oxygen atoms in total. The van der Waals surface area contributed by atoms with Crippen molar-refractivity contribution >= 4 is 11.8 Å². The van der Waals surface area contributed by atoms with E-state index >= 15 is 0 Å². The van der Waals surface area contributed by atoms with Gasteiger partial charge in [-0.1, -0.05) is 134 Å². The van der Waals surface area contributed by atoms with Gasteiger partial charge in [-0.3, -0.25) is 0 Å². The fraction of sp³-hybridized carbons (Fsp3) is 0.333. The summed E-state index contributed by atoms with van der Waals surface area (Å²) in [5.41, 5.74) is 5.00. The number of hydrogen-bond acceptors (Lipinski definition) is 1. The van der Waals surface area contributed by atoms with E-state index in [1.807, 2.05) is 84.0 Å². The molecule has 3 aromatic rings. The van der Waals surface area contributed by atoms with Crippen LogP contribution in [0.4, 0.5) is 0 Å². The quantitative estimate of drug-likeness (QED) is 0.288. The average molecular weight is 559 g/mol. The zero-order valence-electron chi connectivity index (χ0n) is 27.7. The third-order valence-corrected chi connectivity index (χ3v) is 5.22. The molecule has 0 unspecified atom stereocenters. The van der Waals surface area contributed by atoms with Crippen LogP contribution in [0.3, 0.4) is 0 Å². The van der Waals surface area contributed by atoms with Gasteiger partial charge in [0.1, 0.15) is 0 Å². The highest BCUT2D eigenvalue weighted by atomic mass is 32.2. The van der Waals surface area contributed by atoms with Crippen molar-refractivity contribution < 1.29 is 0 Å². The second-order valence-electron chi connectivity index (χ2n) is 8.42. The second kappa shape index (κ2) is 30.5. The van der Waals surface area contributed by atoms with Gasteiger partial charge in [0, 0.05) is 40.5 Å². The SMILES string of the molecule is C=C1C=CC=C[CH+]1.CC.CC.CC.CCC.C[C+](C)C.Cc1ccccc1-c1ccccc1Sc1ccccc1. The van der Waals surface area contributed by atoms with Crippen LogP contribution in [-0.4, -0.2) is 0 Å². The number of allylic oxidation sites excluding steroid dienone is 5. The van der Waals surface area contributed by atoms with Crippen LogP contribution in [0.5, 0.6) is 0 Å². The fourth-order valence-corrected chi connectivity index (χ4v) is 3.73. The first-order valence-electron chi connectivity index (χ1n) is 14.9. The molecule has 218 valence electrons. The predicted octanol–water partition coefficient (Wildman–Crippen LogP) is 13.8. The van der Waals surface area contributed by atoms with Gasteiger partial charge in [-0.25, -0.2) is 0 Å². The maximum atomic E-state index is 3.72. The molecule has 0 saturated carbocycles. The van der Waals surface area contributed by atoms with Crippen molar-refractivity contribution in [3.8, 4) is 11.1 Å². The minimum Gasteiger partial charge on any atom is -0.0895 e. The normalized spacial score (nSPS) is 9.75. The van der Waals surface area contributed by atoms with Crippen LogP contribution >= 0.6 is 11.8 Å². The van der Waals surface area contributed by atoms with Crippen LogP contribution < -0.4 is 0 Å². The van der Waals surface area contributed by atoms with E-state index < -0.39 is 0 Å². The lowest BCUT2D eigenvalue weighted by Gasteiger charge is -2.11. The maximum Gasteiger partial charge on any atom is 0.0887 e. The summed E-state index contributed by atoms with van der Waals surface area (Å²) in [5.74, 6) is 1.42. The summed E-state index contributed by atoms with van der Waals surface area (Å²) in [4.78, 5) is 2.57. The van der Waals surface area contributed by atoms with Gasteiger partial charge in [-0.2, -0.15) is 0 Å². The lowest BCUT2D eigenvalue weighted by molar-refractivity contribution is 1.09. The summed E-state index contributed by atoms with van der Waals surface area (Å²) in [6.07, 6.45) is 11.1. The molecule has 0 bridgehead atoms. The molecule has 0 fully saturated rings. The number of hydrogen-bond donors (Lipinski definition) is 0. The van der Waals surface area contributed by atoms with Gasteiger partial charge in [0.2, 0.25) is 0 Å². The molecule has 0 aromatic heterocycles. The molecule has 0 heterocycles. The summed E-state index contributed by atoms with van der Waals surface area (Å²) >= 11 is 1.82. The van der Waals surface area contributed by atoms with Crippen molar-refractivity contribution in [1.82, 2.24) is 0 Å². The minimum atomic E-state index is 1.07. The molecule has 1 aliphatic rings. The first-order chi connectivity index (χ1) is 19.4. The summed E-state index contributed by atoms with van der Waals surface area (Å²) in [6, 6.07) is 27.7. The molecule has 4 rings (SSSR count). The molecule has 0 saturated heterocycles. The Labute approximate surface area is 254 Å². The lowest BCUT2D eigenvalue weighted by Crippen LogP contribution is -1.85. The molecule has 40 heavy (non-hydrogen) atoms. The smallest absolute Gasteiger partial charge is 0.0887 e. The first-order valence-corrected chi connectivity index (χ1v) is 15.7. The van der Waals surface area contributed by atoms with Crippen LogP contribution in [-0.2, 0) is 0 Å². The molecule has 0 spiro atoms. The van der Waals surface area contributed by atoms with Crippen LogP contribution in [0.15, 0.2) is 125 Å². The van der Waals surface area contributed by atoms with Crippen molar-refractivity contribution in [3.05, 3.63) is 133 Å².